The molecule has 0 atom stereocenters. The van der Waals surface area contributed by atoms with Gasteiger partial charge in [0, 0.05) is 26.2 Å². The van der Waals surface area contributed by atoms with Crippen LogP contribution in [0.5, 0.6) is 0 Å². The van der Waals surface area contributed by atoms with Crippen LogP contribution < -0.4 is 5.32 Å². The van der Waals surface area contributed by atoms with E-state index in [-0.39, 0.29) is 11.7 Å². The van der Waals surface area contributed by atoms with Crippen molar-refractivity contribution in [3.8, 4) is 0 Å². The Hall–Kier alpha value is -1.43. The predicted octanol–water partition coefficient (Wildman–Crippen LogP) is 1.30. The van der Waals surface area contributed by atoms with E-state index in [1.54, 1.807) is 0 Å². The Morgan fingerprint density at radius 3 is 3.11 bits per heavy atom. The molecule has 6 heteroatoms. The maximum absolute atomic E-state index is 11.7. The number of ether oxygens (including phenoxy) is 1. The standard InChI is InChI=1S/C13H22N4O2/c1-2-4-11-15-12(17-16-11)13(18)14-7-3-8-19-9-10-5-6-10/h10H,2-9H2,1H3,(H,14,18)(H,15,16,17). The first-order valence-electron chi connectivity index (χ1n) is 7.06. The molecule has 6 nitrogen and oxygen atoms in total. The van der Waals surface area contributed by atoms with Crippen LogP contribution in [0.2, 0.25) is 0 Å². The van der Waals surface area contributed by atoms with Crippen LogP contribution in [-0.2, 0) is 11.2 Å². The summed E-state index contributed by atoms with van der Waals surface area (Å²) in [7, 11) is 0. The summed E-state index contributed by atoms with van der Waals surface area (Å²) >= 11 is 0. The molecule has 19 heavy (non-hydrogen) atoms. The Bertz CT molecular complexity index is 401. The molecule has 0 bridgehead atoms. The van der Waals surface area contributed by atoms with E-state index >= 15 is 0 Å². The molecule has 0 radical (unpaired) electrons. The number of carbonyl (C=O) groups excluding carboxylic acids is 1. The van der Waals surface area contributed by atoms with Gasteiger partial charge in [0.2, 0.25) is 5.82 Å². The summed E-state index contributed by atoms with van der Waals surface area (Å²) in [6, 6.07) is 0. The van der Waals surface area contributed by atoms with Crippen LogP contribution in [0.3, 0.4) is 0 Å². The minimum Gasteiger partial charge on any atom is -0.381 e. The second-order valence-corrected chi connectivity index (χ2v) is 4.98. The topological polar surface area (TPSA) is 79.9 Å². The van der Waals surface area contributed by atoms with Crippen molar-refractivity contribution < 1.29 is 9.53 Å². The molecule has 1 aromatic heterocycles. The monoisotopic (exact) mass is 266 g/mol. The Morgan fingerprint density at radius 1 is 1.53 bits per heavy atom. The van der Waals surface area contributed by atoms with E-state index in [1.165, 1.54) is 12.8 Å². The van der Waals surface area contributed by atoms with Crippen molar-refractivity contribution in [2.45, 2.75) is 39.0 Å². The molecule has 1 saturated carbocycles. The Kier molecular flexibility index (Phi) is 5.32. The van der Waals surface area contributed by atoms with Crippen molar-refractivity contribution in [2.75, 3.05) is 19.8 Å². The highest BCUT2D eigenvalue weighted by Gasteiger charge is 2.20. The van der Waals surface area contributed by atoms with Crippen LogP contribution in [0.25, 0.3) is 0 Å². The quantitative estimate of drug-likeness (QED) is 0.660. The van der Waals surface area contributed by atoms with Gasteiger partial charge in [-0.3, -0.25) is 9.89 Å². The average molecular weight is 266 g/mol. The van der Waals surface area contributed by atoms with E-state index in [1.807, 2.05) is 0 Å². The molecule has 0 unspecified atom stereocenters. The van der Waals surface area contributed by atoms with Gasteiger partial charge in [-0.1, -0.05) is 6.92 Å². The van der Waals surface area contributed by atoms with Gasteiger partial charge in [-0.15, -0.1) is 5.10 Å². The SMILES string of the molecule is CCCc1nc(C(=O)NCCCOCC2CC2)n[nH]1. The van der Waals surface area contributed by atoms with E-state index < -0.39 is 0 Å². The molecule has 1 aliphatic carbocycles. The van der Waals surface area contributed by atoms with Crippen LogP contribution >= 0.6 is 0 Å². The van der Waals surface area contributed by atoms with Crippen LogP contribution in [0.1, 0.15) is 49.1 Å². The van der Waals surface area contributed by atoms with Gasteiger partial charge in [-0.25, -0.2) is 4.98 Å². The number of amides is 1. The third kappa shape index (κ3) is 4.98. The van der Waals surface area contributed by atoms with E-state index in [9.17, 15) is 4.79 Å². The summed E-state index contributed by atoms with van der Waals surface area (Å²) < 4.78 is 5.49. The number of rotatable bonds is 9. The zero-order valence-corrected chi connectivity index (χ0v) is 11.4. The molecule has 0 saturated heterocycles. The minimum atomic E-state index is -0.221. The lowest BCUT2D eigenvalue weighted by Crippen LogP contribution is -2.26. The molecule has 0 spiro atoms. The summed E-state index contributed by atoms with van der Waals surface area (Å²) in [4.78, 5) is 15.9. The van der Waals surface area contributed by atoms with Crippen molar-refractivity contribution in [1.29, 1.82) is 0 Å². The fourth-order valence-electron chi connectivity index (χ4n) is 1.74. The first kappa shape index (κ1) is 14.0. The predicted molar refractivity (Wildman–Crippen MR) is 70.9 cm³/mol. The zero-order chi connectivity index (χ0) is 13.5. The summed E-state index contributed by atoms with van der Waals surface area (Å²) in [6.07, 6.45) is 5.23. The molecular weight excluding hydrogens is 244 g/mol. The van der Waals surface area contributed by atoms with Gasteiger partial charge in [-0.05, 0) is 31.6 Å². The first-order valence-corrected chi connectivity index (χ1v) is 7.06. The number of nitrogens with zero attached hydrogens (tertiary/aromatic N) is 2. The number of aromatic amines is 1. The molecular formula is C13H22N4O2. The Morgan fingerprint density at radius 2 is 2.37 bits per heavy atom. The number of hydrogen-bond donors (Lipinski definition) is 2. The van der Waals surface area contributed by atoms with Crippen molar-refractivity contribution in [1.82, 2.24) is 20.5 Å². The van der Waals surface area contributed by atoms with Crippen LogP contribution in [-0.4, -0.2) is 40.8 Å². The van der Waals surface area contributed by atoms with Gasteiger partial charge >= 0.3 is 0 Å². The molecule has 2 rings (SSSR count). The summed E-state index contributed by atoms with van der Waals surface area (Å²) in [5.41, 5.74) is 0. The molecule has 2 N–H and O–H groups in total. The molecule has 1 fully saturated rings. The van der Waals surface area contributed by atoms with Gasteiger partial charge in [0.25, 0.3) is 5.91 Å². The lowest BCUT2D eigenvalue weighted by Gasteiger charge is -2.03. The van der Waals surface area contributed by atoms with Gasteiger partial charge in [0.1, 0.15) is 5.82 Å². The normalized spacial score (nSPS) is 14.6. The zero-order valence-electron chi connectivity index (χ0n) is 11.4. The van der Waals surface area contributed by atoms with Gasteiger partial charge in [-0.2, -0.15) is 0 Å². The van der Waals surface area contributed by atoms with Gasteiger partial charge < -0.3 is 10.1 Å². The number of hydrogen-bond acceptors (Lipinski definition) is 4. The molecule has 1 aliphatic rings. The minimum absolute atomic E-state index is 0.221. The fourth-order valence-corrected chi connectivity index (χ4v) is 1.74. The number of aryl methyl sites for hydroxylation is 1. The average Bonchev–Trinajstić information content (AvgIpc) is 3.11. The van der Waals surface area contributed by atoms with E-state index in [0.717, 1.165) is 37.6 Å². The van der Waals surface area contributed by atoms with Gasteiger partial charge in [0.05, 0.1) is 0 Å². The maximum atomic E-state index is 11.7. The summed E-state index contributed by atoms with van der Waals surface area (Å²) in [5, 5.41) is 9.47. The highest BCUT2D eigenvalue weighted by atomic mass is 16.5. The lowest BCUT2D eigenvalue weighted by molar-refractivity contribution is 0.0927. The number of carbonyl (C=O) groups is 1. The lowest BCUT2D eigenvalue weighted by atomic mass is 10.3. The highest BCUT2D eigenvalue weighted by Crippen LogP contribution is 2.28. The van der Waals surface area contributed by atoms with Crippen molar-refractivity contribution in [3.05, 3.63) is 11.6 Å². The second kappa shape index (κ2) is 7.23. The van der Waals surface area contributed by atoms with Crippen LogP contribution in [0.15, 0.2) is 0 Å². The molecule has 0 aromatic carbocycles. The van der Waals surface area contributed by atoms with Crippen LogP contribution in [0.4, 0.5) is 0 Å². The first-order chi connectivity index (χ1) is 9.29. The smallest absolute Gasteiger partial charge is 0.290 e. The maximum Gasteiger partial charge on any atom is 0.290 e. The molecule has 106 valence electrons. The largest absolute Gasteiger partial charge is 0.381 e. The van der Waals surface area contributed by atoms with Crippen molar-refractivity contribution in [3.63, 3.8) is 0 Å². The molecule has 1 amide bonds. The third-order valence-corrected chi connectivity index (χ3v) is 3.02. The van der Waals surface area contributed by atoms with Gasteiger partial charge in [0.15, 0.2) is 0 Å². The summed E-state index contributed by atoms with van der Waals surface area (Å²) in [5.74, 6) is 1.56. The Balaban J connectivity index is 1.57. The molecule has 1 heterocycles. The highest BCUT2D eigenvalue weighted by molar-refractivity contribution is 5.90. The van der Waals surface area contributed by atoms with E-state index in [0.29, 0.717) is 13.2 Å². The molecule has 0 aliphatic heterocycles. The summed E-state index contributed by atoms with van der Waals surface area (Å²) in [6.45, 7) is 4.23. The fraction of sp³-hybridized carbons (Fsp3) is 0.769. The third-order valence-electron chi connectivity index (χ3n) is 3.02. The number of H-pyrrole nitrogens is 1. The van der Waals surface area contributed by atoms with E-state index in [2.05, 4.69) is 27.4 Å². The number of nitrogens with one attached hydrogen (secondary N) is 2. The molecule has 1 aromatic rings. The van der Waals surface area contributed by atoms with Crippen LogP contribution in [0, 0.1) is 5.92 Å². The number of aromatic nitrogens is 3. The van der Waals surface area contributed by atoms with E-state index in [4.69, 9.17) is 4.74 Å². The van der Waals surface area contributed by atoms with Crippen molar-refractivity contribution in [2.24, 2.45) is 5.92 Å². The van der Waals surface area contributed by atoms with Crippen molar-refractivity contribution >= 4 is 5.91 Å². The second-order valence-electron chi connectivity index (χ2n) is 4.98. The Labute approximate surface area is 113 Å².